The maximum Gasteiger partial charge on any atom is 0.185 e. The number of halogens is 1. The predicted octanol–water partition coefficient (Wildman–Crippen LogP) is 4.21. The maximum absolute atomic E-state index is 13.3. The predicted molar refractivity (Wildman–Crippen MR) is 66.6 cm³/mol. The minimum Gasteiger partial charge on any atom is -0.289 e. The SMILES string of the molecule is Cc1ccc(C(=O)C=C2CCCCC2)cc1F. The zero-order valence-corrected chi connectivity index (χ0v) is 10.1. The van der Waals surface area contributed by atoms with Crippen LogP contribution in [0.5, 0.6) is 0 Å². The third-order valence-electron chi connectivity index (χ3n) is 3.29. The lowest BCUT2D eigenvalue weighted by Gasteiger charge is -2.12. The molecular weight excluding hydrogens is 215 g/mol. The van der Waals surface area contributed by atoms with Crippen molar-refractivity contribution in [2.75, 3.05) is 0 Å². The summed E-state index contributed by atoms with van der Waals surface area (Å²) in [5, 5.41) is 0. The lowest BCUT2D eigenvalue weighted by atomic mass is 9.93. The van der Waals surface area contributed by atoms with E-state index >= 15 is 0 Å². The zero-order valence-electron chi connectivity index (χ0n) is 10.1. The Hall–Kier alpha value is -1.44. The van der Waals surface area contributed by atoms with Gasteiger partial charge < -0.3 is 0 Å². The van der Waals surface area contributed by atoms with Crippen molar-refractivity contribution in [3.63, 3.8) is 0 Å². The number of ketones is 1. The molecule has 1 aliphatic carbocycles. The summed E-state index contributed by atoms with van der Waals surface area (Å²) in [4.78, 5) is 11.9. The van der Waals surface area contributed by atoms with Crippen LogP contribution in [-0.2, 0) is 0 Å². The molecule has 0 radical (unpaired) electrons. The van der Waals surface area contributed by atoms with Gasteiger partial charge in [-0.1, -0.05) is 24.1 Å². The Morgan fingerprint density at radius 2 is 1.94 bits per heavy atom. The van der Waals surface area contributed by atoms with Crippen molar-refractivity contribution >= 4 is 5.78 Å². The lowest BCUT2D eigenvalue weighted by molar-refractivity contribution is 0.104. The van der Waals surface area contributed by atoms with Crippen LogP contribution in [0.2, 0.25) is 0 Å². The second-order valence-electron chi connectivity index (χ2n) is 4.69. The monoisotopic (exact) mass is 232 g/mol. The minimum atomic E-state index is -0.308. The highest BCUT2D eigenvalue weighted by atomic mass is 19.1. The van der Waals surface area contributed by atoms with E-state index in [9.17, 15) is 9.18 Å². The van der Waals surface area contributed by atoms with Crippen molar-refractivity contribution in [3.05, 3.63) is 46.8 Å². The summed E-state index contributed by atoms with van der Waals surface area (Å²) >= 11 is 0. The van der Waals surface area contributed by atoms with Crippen LogP contribution < -0.4 is 0 Å². The number of aryl methyl sites for hydroxylation is 1. The zero-order chi connectivity index (χ0) is 12.3. The van der Waals surface area contributed by atoms with Gasteiger partial charge in [-0.2, -0.15) is 0 Å². The fraction of sp³-hybridized carbons (Fsp3) is 0.400. The summed E-state index contributed by atoms with van der Waals surface area (Å²) in [6.07, 6.45) is 7.32. The second kappa shape index (κ2) is 5.26. The highest BCUT2D eigenvalue weighted by Crippen LogP contribution is 2.23. The van der Waals surface area contributed by atoms with Crippen molar-refractivity contribution in [2.45, 2.75) is 39.0 Å². The van der Waals surface area contributed by atoms with E-state index in [1.165, 1.54) is 30.9 Å². The van der Waals surface area contributed by atoms with Crippen molar-refractivity contribution in [1.82, 2.24) is 0 Å². The Morgan fingerprint density at radius 1 is 1.24 bits per heavy atom. The smallest absolute Gasteiger partial charge is 0.185 e. The van der Waals surface area contributed by atoms with Crippen LogP contribution in [0.15, 0.2) is 29.8 Å². The van der Waals surface area contributed by atoms with Crippen LogP contribution in [0.25, 0.3) is 0 Å². The van der Waals surface area contributed by atoms with Crippen LogP contribution in [0.3, 0.4) is 0 Å². The standard InChI is InChI=1S/C15H17FO/c1-11-7-8-13(10-14(11)16)15(17)9-12-5-3-2-4-6-12/h7-10H,2-6H2,1H3. The fourth-order valence-electron chi connectivity index (χ4n) is 2.17. The topological polar surface area (TPSA) is 17.1 Å². The highest BCUT2D eigenvalue weighted by molar-refractivity contribution is 6.04. The van der Waals surface area contributed by atoms with Crippen molar-refractivity contribution in [1.29, 1.82) is 0 Å². The van der Waals surface area contributed by atoms with Gasteiger partial charge in [0.25, 0.3) is 0 Å². The van der Waals surface area contributed by atoms with E-state index in [0.29, 0.717) is 11.1 Å². The molecule has 17 heavy (non-hydrogen) atoms. The number of hydrogen-bond acceptors (Lipinski definition) is 1. The lowest BCUT2D eigenvalue weighted by Crippen LogP contribution is -2.01. The molecule has 0 atom stereocenters. The van der Waals surface area contributed by atoms with E-state index in [-0.39, 0.29) is 11.6 Å². The van der Waals surface area contributed by atoms with Gasteiger partial charge in [-0.3, -0.25) is 4.79 Å². The molecule has 1 aromatic rings. The van der Waals surface area contributed by atoms with E-state index in [1.54, 1.807) is 25.1 Å². The van der Waals surface area contributed by atoms with Crippen LogP contribution in [-0.4, -0.2) is 5.78 Å². The van der Waals surface area contributed by atoms with Gasteiger partial charge in [-0.25, -0.2) is 4.39 Å². The summed E-state index contributed by atoms with van der Waals surface area (Å²) < 4.78 is 13.3. The molecule has 0 aliphatic heterocycles. The third-order valence-corrected chi connectivity index (χ3v) is 3.29. The molecule has 0 saturated heterocycles. The Balaban J connectivity index is 2.16. The number of benzene rings is 1. The number of carbonyl (C=O) groups excluding carboxylic acids is 1. The van der Waals surface area contributed by atoms with Gasteiger partial charge in [0.15, 0.2) is 5.78 Å². The number of hydrogen-bond donors (Lipinski definition) is 0. The van der Waals surface area contributed by atoms with Gasteiger partial charge in [0.2, 0.25) is 0 Å². The quantitative estimate of drug-likeness (QED) is 0.551. The van der Waals surface area contributed by atoms with E-state index < -0.39 is 0 Å². The van der Waals surface area contributed by atoms with E-state index in [2.05, 4.69) is 0 Å². The molecule has 1 saturated carbocycles. The summed E-state index contributed by atoms with van der Waals surface area (Å²) in [6.45, 7) is 1.70. The van der Waals surface area contributed by atoms with Crippen LogP contribution in [0.4, 0.5) is 4.39 Å². The first-order valence-corrected chi connectivity index (χ1v) is 6.17. The first-order valence-electron chi connectivity index (χ1n) is 6.17. The molecule has 0 spiro atoms. The van der Waals surface area contributed by atoms with Gasteiger partial charge >= 0.3 is 0 Å². The molecule has 90 valence electrons. The first-order chi connectivity index (χ1) is 8.16. The molecule has 1 nitrogen and oxygen atoms in total. The van der Waals surface area contributed by atoms with Gasteiger partial charge in [0, 0.05) is 5.56 Å². The number of carbonyl (C=O) groups is 1. The third kappa shape index (κ3) is 3.02. The van der Waals surface area contributed by atoms with Gasteiger partial charge in [0.05, 0.1) is 0 Å². The summed E-state index contributed by atoms with van der Waals surface area (Å²) in [6, 6.07) is 4.68. The van der Waals surface area contributed by atoms with Gasteiger partial charge in [0.1, 0.15) is 5.82 Å². The molecule has 0 amide bonds. The van der Waals surface area contributed by atoms with Gasteiger partial charge in [-0.05, 0) is 50.3 Å². The average Bonchev–Trinajstić information content (AvgIpc) is 2.34. The Labute approximate surface area is 101 Å². The molecule has 0 unspecified atom stereocenters. The molecule has 2 heteroatoms. The van der Waals surface area contributed by atoms with Crippen molar-refractivity contribution < 1.29 is 9.18 Å². The minimum absolute atomic E-state index is 0.0687. The molecule has 0 heterocycles. The second-order valence-corrected chi connectivity index (χ2v) is 4.69. The largest absolute Gasteiger partial charge is 0.289 e. The van der Waals surface area contributed by atoms with Crippen LogP contribution >= 0.6 is 0 Å². The summed E-state index contributed by atoms with van der Waals surface area (Å²) in [5.41, 5.74) is 2.24. The molecule has 1 aromatic carbocycles. The maximum atomic E-state index is 13.3. The number of allylic oxidation sites excluding steroid dienone is 2. The average molecular weight is 232 g/mol. The molecule has 1 aliphatic rings. The van der Waals surface area contributed by atoms with Crippen LogP contribution in [0.1, 0.15) is 48.0 Å². The first kappa shape index (κ1) is 12.0. The molecular formula is C15H17FO. The normalized spacial score (nSPS) is 15.8. The number of rotatable bonds is 2. The Kier molecular flexibility index (Phi) is 3.72. The molecule has 0 aromatic heterocycles. The molecule has 2 rings (SSSR count). The molecule has 1 fully saturated rings. The summed E-state index contributed by atoms with van der Waals surface area (Å²) in [5.74, 6) is -0.376. The van der Waals surface area contributed by atoms with Gasteiger partial charge in [-0.15, -0.1) is 0 Å². The van der Waals surface area contributed by atoms with E-state index in [4.69, 9.17) is 0 Å². The Bertz CT molecular complexity index is 452. The summed E-state index contributed by atoms with van der Waals surface area (Å²) in [7, 11) is 0. The highest BCUT2D eigenvalue weighted by Gasteiger charge is 2.10. The fourth-order valence-corrected chi connectivity index (χ4v) is 2.17. The Morgan fingerprint density at radius 3 is 2.59 bits per heavy atom. The van der Waals surface area contributed by atoms with Crippen molar-refractivity contribution in [2.24, 2.45) is 0 Å². The van der Waals surface area contributed by atoms with Crippen molar-refractivity contribution in [3.8, 4) is 0 Å². The van der Waals surface area contributed by atoms with Crippen LogP contribution in [0, 0.1) is 12.7 Å². The van der Waals surface area contributed by atoms with E-state index in [1.807, 2.05) is 0 Å². The molecule has 0 bridgehead atoms. The van der Waals surface area contributed by atoms with E-state index in [0.717, 1.165) is 12.8 Å². The molecule has 0 N–H and O–H groups in total.